The molecular weight excluding hydrogens is 1290 g/mol. The van der Waals surface area contributed by atoms with Crippen LogP contribution in [-0.4, -0.2) is 96.7 Å². The van der Waals surface area contributed by atoms with Crippen LogP contribution in [0, 0.1) is 23.7 Å². The molecule has 0 amide bonds. The van der Waals surface area contributed by atoms with E-state index in [2.05, 4.69) is 55.4 Å². The van der Waals surface area contributed by atoms with Gasteiger partial charge >= 0.3 is 39.5 Å². The molecule has 0 saturated heterocycles. The molecule has 0 rings (SSSR count). The maximum Gasteiger partial charge on any atom is 0.472 e. The molecule has 0 aliphatic carbocycles. The summed E-state index contributed by atoms with van der Waals surface area (Å²) in [7, 11) is -9.92. The van der Waals surface area contributed by atoms with E-state index in [0.29, 0.717) is 25.7 Å². The zero-order valence-corrected chi connectivity index (χ0v) is 66.9. The third-order valence-electron chi connectivity index (χ3n) is 19.7. The van der Waals surface area contributed by atoms with E-state index in [-0.39, 0.29) is 25.7 Å². The number of phosphoric acid groups is 2. The van der Waals surface area contributed by atoms with E-state index in [4.69, 9.17) is 37.0 Å². The number of ether oxygens (including phenoxy) is 4. The molecule has 0 aliphatic rings. The molecule has 0 aromatic carbocycles. The minimum absolute atomic E-state index is 0.105. The highest BCUT2D eigenvalue weighted by Crippen LogP contribution is 2.45. The van der Waals surface area contributed by atoms with Gasteiger partial charge in [-0.3, -0.25) is 37.3 Å². The Kier molecular flexibility index (Phi) is 67.8. The zero-order valence-electron chi connectivity index (χ0n) is 65.1. The minimum atomic E-state index is -4.96. The minimum Gasteiger partial charge on any atom is -0.462 e. The van der Waals surface area contributed by atoms with E-state index in [9.17, 15) is 43.2 Å². The lowest BCUT2D eigenvalue weighted by Gasteiger charge is -2.21. The third-order valence-corrected chi connectivity index (χ3v) is 21.6. The van der Waals surface area contributed by atoms with Gasteiger partial charge in [0, 0.05) is 25.7 Å². The largest absolute Gasteiger partial charge is 0.472 e. The SMILES string of the molecule is CCC(C)CCCCCCCCCCCCCCCCC(=O)OC[C@H](COP(=O)(O)OC[C@@H](O)COP(=O)(O)OC[C@@H](COC(=O)CCCCCCCCC(C)CC)OC(=O)CCCCCCCCCCCCCCCCCCC(C)C)OC(=O)CCCCCCCCCCC(C)CC. The first-order valence-corrected chi connectivity index (χ1v) is 44.3. The zero-order chi connectivity index (χ0) is 73.1. The van der Waals surface area contributed by atoms with Gasteiger partial charge in [0.2, 0.25) is 0 Å². The van der Waals surface area contributed by atoms with Crippen molar-refractivity contribution in [1.29, 1.82) is 0 Å². The van der Waals surface area contributed by atoms with Crippen LogP contribution >= 0.6 is 15.6 Å². The Morgan fingerprint density at radius 1 is 0.283 bits per heavy atom. The number of hydrogen-bond acceptors (Lipinski definition) is 15. The summed E-state index contributed by atoms with van der Waals surface area (Å²) in [6.07, 6.45) is 55.5. The number of phosphoric ester groups is 2. The van der Waals surface area contributed by atoms with E-state index >= 15 is 0 Å². The van der Waals surface area contributed by atoms with Gasteiger partial charge in [-0.1, -0.05) is 357 Å². The molecule has 588 valence electrons. The van der Waals surface area contributed by atoms with Crippen LogP contribution < -0.4 is 0 Å². The average Bonchev–Trinajstić information content (AvgIpc) is 1.63. The first kappa shape index (κ1) is 97.1. The van der Waals surface area contributed by atoms with Crippen molar-refractivity contribution in [1.82, 2.24) is 0 Å². The smallest absolute Gasteiger partial charge is 0.462 e. The Morgan fingerprint density at radius 2 is 0.485 bits per heavy atom. The lowest BCUT2D eigenvalue weighted by Crippen LogP contribution is -2.30. The van der Waals surface area contributed by atoms with Crippen molar-refractivity contribution in [2.45, 2.75) is 427 Å². The van der Waals surface area contributed by atoms with Gasteiger partial charge in [0.05, 0.1) is 26.4 Å². The quantitative estimate of drug-likeness (QED) is 0.0222. The number of unbranched alkanes of at least 4 members (excludes halogenated alkanes) is 40. The molecule has 8 atom stereocenters. The van der Waals surface area contributed by atoms with E-state index in [1.807, 2.05) is 0 Å². The molecule has 0 aliphatic heterocycles. The van der Waals surface area contributed by atoms with Gasteiger partial charge < -0.3 is 33.8 Å². The fourth-order valence-electron chi connectivity index (χ4n) is 12.2. The Balaban J connectivity index is 5.21. The van der Waals surface area contributed by atoms with Crippen LogP contribution in [0.1, 0.15) is 409 Å². The van der Waals surface area contributed by atoms with Gasteiger partial charge in [0.15, 0.2) is 12.2 Å². The molecule has 0 saturated carbocycles. The molecule has 0 aromatic heterocycles. The summed E-state index contributed by atoms with van der Waals surface area (Å²) in [5.74, 6) is 1.04. The van der Waals surface area contributed by atoms with Crippen LogP contribution in [0.4, 0.5) is 0 Å². The number of carbonyl (C=O) groups is 4. The van der Waals surface area contributed by atoms with Crippen LogP contribution in [0.2, 0.25) is 0 Å². The van der Waals surface area contributed by atoms with Gasteiger partial charge in [0.1, 0.15) is 19.3 Å². The lowest BCUT2D eigenvalue weighted by atomic mass is 9.99. The molecular formula is C80H156O17P2. The predicted octanol–water partition coefficient (Wildman–Crippen LogP) is 23.6. The van der Waals surface area contributed by atoms with Gasteiger partial charge in [-0.25, -0.2) is 9.13 Å². The normalized spacial score (nSPS) is 14.9. The predicted molar refractivity (Wildman–Crippen MR) is 404 cm³/mol. The standard InChI is InChI=1S/C80H156O17P2/c1-9-71(6)57-49-41-33-27-23-19-16-17-20-24-28-35-44-52-60-77(82)90-66-75(97-80(85)63-55-47-37-31-30-34-42-50-58-72(7)10-2)68-94-98(86,87)92-64-74(81)65-93-99(88,89)95-69-76(67-91-78(83)61-53-45-39-38-43-51-59-73(8)11-3)96-79(84)62-54-46-36-29-25-21-15-13-12-14-18-22-26-32-40-48-56-70(4)5/h70-76,81H,9-69H2,1-8H3,(H,86,87)(H,88,89)/t71?,72?,73?,74-,75-,76-/m1/s1. The first-order valence-electron chi connectivity index (χ1n) is 41.3. The highest BCUT2D eigenvalue weighted by molar-refractivity contribution is 7.47. The van der Waals surface area contributed by atoms with Crippen LogP contribution in [0.5, 0.6) is 0 Å². The van der Waals surface area contributed by atoms with Crippen molar-refractivity contribution in [2.24, 2.45) is 23.7 Å². The topological polar surface area (TPSA) is 237 Å². The number of esters is 4. The molecule has 5 unspecified atom stereocenters. The summed E-state index contributed by atoms with van der Waals surface area (Å²) in [4.78, 5) is 73.0. The lowest BCUT2D eigenvalue weighted by molar-refractivity contribution is -0.161. The molecule has 0 aromatic rings. The van der Waals surface area contributed by atoms with E-state index < -0.39 is 97.5 Å². The highest BCUT2D eigenvalue weighted by atomic mass is 31.2. The van der Waals surface area contributed by atoms with Gasteiger partial charge in [-0.2, -0.15) is 0 Å². The maximum atomic E-state index is 13.1. The van der Waals surface area contributed by atoms with Crippen molar-refractivity contribution in [3.8, 4) is 0 Å². The molecule has 0 bridgehead atoms. The van der Waals surface area contributed by atoms with Gasteiger partial charge in [-0.15, -0.1) is 0 Å². The van der Waals surface area contributed by atoms with Crippen LogP contribution in [0.15, 0.2) is 0 Å². The second-order valence-electron chi connectivity index (χ2n) is 30.0. The first-order chi connectivity index (χ1) is 47.7. The summed E-state index contributed by atoms with van der Waals surface area (Å²) in [6, 6.07) is 0. The van der Waals surface area contributed by atoms with E-state index in [1.54, 1.807) is 0 Å². The second kappa shape index (κ2) is 69.1. The average molecular weight is 1450 g/mol. The Hall–Kier alpha value is -1.94. The van der Waals surface area contributed by atoms with E-state index in [1.165, 1.54) is 205 Å². The Labute approximate surface area is 607 Å². The number of rotatable bonds is 77. The third kappa shape index (κ3) is 70.2. The van der Waals surface area contributed by atoms with Crippen molar-refractivity contribution >= 4 is 39.5 Å². The maximum absolute atomic E-state index is 13.1. The molecule has 19 heteroatoms. The Morgan fingerprint density at radius 3 is 0.717 bits per heavy atom. The molecule has 99 heavy (non-hydrogen) atoms. The Bertz CT molecular complexity index is 1940. The summed E-state index contributed by atoms with van der Waals surface area (Å²) < 4.78 is 68.7. The summed E-state index contributed by atoms with van der Waals surface area (Å²) in [5.41, 5.74) is 0. The second-order valence-corrected chi connectivity index (χ2v) is 32.9. The monoisotopic (exact) mass is 1450 g/mol. The van der Waals surface area contributed by atoms with Crippen LogP contribution in [0.3, 0.4) is 0 Å². The summed E-state index contributed by atoms with van der Waals surface area (Å²) in [5, 5.41) is 10.6. The van der Waals surface area contributed by atoms with Crippen molar-refractivity contribution in [3.05, 3.63) is 0 Å². The van der Waals surface area contributed by atoms with Gasteiger partial charge in [-0.05, 0) is 49.4 Å². The van der Waals surface area contributed by atoms with Gasteiger partial charge in [0.25, 0.3) is 0 Å². The molecule has 0 spiro atoms. The molecule has 0 fully saturated rings. The van der Waals surface area contributed by atoms with Crippen molar-refractivity contribution in [3.63, 3.8) is 0 Å². The number of hydrogen-bond donors (Lipinski definition) is 3. The molecule has 0 radical (unpaired) electrons. The number of carbonyl (C=O) groups excluding carboxylic acids is 4. The molecule has 0 heterocycles. The van der Waals surface area contributed by atoms with E-state index in [0.717, 1.165) is 120 Å². The summed E-state index contributed by atoms with van der Waals surface area (Å²) in [6.45, 7) is 14.3. The fourth-order valence-corrected chi connectivity index (χ4v) is 13.7. The molecule has 17 nitrogen and oxygen atoms in total. The fraction of sp³-hybridized carbons (Fsp3) is 0.950. The molecule has 3 N–H and O–H groups in total. The van der Waals surface area contributed by atoms with Crippen LogP contribution in [-0.2, 0) is 65.4 Å². The van der Waals surface area contributed by atoms with Crippen molar-refractivity contribution < 1.29 is 80.2 Å². The van der Waals surface area contributed by atoms with Crippen LogP contribution in [0.25, 0.3) is 0 Å². The van der Waals surface area contributed by atoms with Crippen molar-refractivity contribution in [2.75, 3.05) is 39.6 Å². The summed E-state index contributed by atoms with van der Waals surface area (Å²) >= 11 is 0. The number of aliphatic hydroxyl groups excluding tert-OH is 1. The highest BCUT2D eigenvalue weighted by Gasteiger charge is 2.30. The number of aliphatic hydroxyl groups is 1.